The molecule has 8 heteroatoms. The van der Waals surface area contributed by atoms with E-state index in [2.05, 4.69) is 10.2 Å². The molecule has 0 bridgehead atoms. The van der Waals surface area contributed by atoms with Crippen LogP contribution in [0.25, 0.3) is 11.4 Å². The van der Waals surface area contributed by atoms with Gasteiger partial charge in [-0.15, -0.1) is 0 Å². The Labute approximate surface area is 167 Å². The summed E-state index contributed by atoms with van der Waals surface area (Å²) in [6.45, 7) is 0.552. The molecular weight excluding hydrogens is 384 g/mol. The van der Waals surface area contributed by atoms with Crippen LogP contribution < -0.4 is 4.74 Å². The molecule has 140 valence electrons. The third-order valence-electron chi connectivity index (χ3n) is 4.13. The fourth-order valence-electron chi connectivity index (χ4n) is 2.68. The molecule has 1 heterocycles. The number of benzene rings is 2. The molecule has 0 radical (unpaired) electrons. The van der Waals surface area contributed by atoms with Gasteiger partial charge in [0.2, 0.25) is 5.91 Å². The van der Waals surface area contributed by atoms with Gasteiger partial charge in [-0.1, -0.05) is 23.7 Å². The number of hydrogen-bond acceptors (Lipinski definition) is 4. The summed E-state index contributed by atoms with van der Waals surface area (Å²) < 4.78 is 7.26. The third-order valence-corrected chi connectivity index (χ3v) is 4.68. The molecular formula is C19H19ClN4O2S. The van der Waals surface area contributed by atoms with Crippen molar-refractivity contribution < 1.29 is 9.53 Å². The van der Waals surface area contributed by atoms with Gasteiger partial charge in [0.05, 0.1) is 7.11 Å². The number of nitrogens with zero attached hydrogens (tertiary/aromatic N) is 3. The summed E-state index contributed by atoms with van der Waals surface area (Å²) in [7, 11) is 3.36. The predicted octanol–water partition coefficient (Wildman–Crippen LogP) is 3.93. The number of carbonyl (C=O) groups excluding carboxylic acids is 1. The van der Waals surface area contributed by atoms with Gasteiger partial charge >= 0.3 is 0 Å². The second kappa shape index (κ2) is 8.37. The van der Waals surface area contributed by atoms with Crippen molar-refractivity contribution in [1.29, 1.82) is 0 Å². The maximum atomic E-state index is 12.7. The van der Waals surface area contributed by atoms with Crippen molar-refractivity contribution in [2.45, 2.75) is 13.1 Å². The van der Waals surface area contributed by atoms with Crippen molar-refractivity contribution in [3.8, 4) is 17.1 Å². The van der Waals surface area contributed by atoms with Crippen LogP contribution in [0.5, 0.6) is 5.75 Å². The molecule has 1 N–H and O–H groups in total. The lowest BCUT2D eigenvalue weighted by Gasteiger charge is -2.18. The minimum Gasteiger partial charge on any atom is -0.497 e. The zero-order chi connectivity index (χ0) is 19.4. The Morgan fingerprint density at radius 1 is 1.30 bits per heavy atom. The molecule has 0 aliphatic rings. The Morgan fingerprint density at radius 2 is 2.04 bits per heavy atom. The SMILES string of the molecule is COc1ccc(-c2n[nH]c(=S)n2CC(=O)N(C)Cc2cccc(Cl)c2)cc1. The van der Waals surface area contributed by atoms with Gasteiger partial charge < -0.3 is 9.64 Å². The van der Waals surface area contributed by atoms with Crippen molar-refractivity contribution in [3.05, 3.63) is 63.9 Å². The van der Waals surface area contributed by atoms with E-state index in [-0.39, 0.29) is 12.5 Å². The van der Waals surface area contributed by atoms with E-state index < -0.39 is 0 Å². The summed E-state index contributed by atoms with van der Waals surface area (Å²) >= 11 is 11.3. The van der Waals surface area contributed by atoms with Crippen molar-refractivity contribution >= 4 is 29.7 Å². The van der Waals surface area contributed by atoms with Gasteiger partial charge in [-0.2, -0.15) is 5.10 Å². The highest BCUT2D eigenvalue weighted by atomic mass is 35.5. The number of H-pyrrole nitrogens is 1. The van der Waals surface area contributed by atoms with E-state index in [9.17, 15) is 4.79 Å². The molecule has 1 amide bonds. The molecule has 0 spiro atoms. The van der Waals surface area contributed by atoms with E-state index in [1.54, 1.807) is 29.7 Å². The lowest BCUT2D eigenvalue weighted by atomic mass is 10.2. The number of aromatic amines is 1. The number of likely N-dealkylation sites (N-methyl/N-ethyl adjacent to an activating group) is 1. The molecule has 0 aliphatic carbocycles. The topological polar surface area (TPSA) is 63.1 Å². The average Bonchev–Trinajstić information content (AvgIpc) is 3.02. The molecule has 0 atom stereocenters. The summed E-state index contributed by atoms with van der Waals surface area (Å²) in [5, 5.41) is 7.67. The largest absolute Gasteiger partial charge is 0.497 e. The van der Waals surface area contributed by atoms with Gasteiger partial charge in [0, 0.05) is 24.2 Å². The number of aromatic nitrogens is 3. The van der Waals surface area contributed by atoms with E-state index in [4.69, 9.17) is 28.6 Å². The first-order valence-electron chi connectivity index (χ1n) is 8.26. The smallest absolute Gasteiger partial charge is 0.242 e. The highest BCUT2D eigenvalue weighted by Crippen LogP contribution is 2.21. The zero-order valence-electron chi connectivity index (χ0n) is 15.0. The minimum absolute atomic E-state index is 0.0813. The fraction of sp³-hybridized carbons (Fsp3) is 0.211. The first-order valence-corrected chi connectivity index (χ1v) is 9.04. The van der Waals surface area contributed by atoms with E-state index in [0.717, 1.165) is 16.9 Å². The Balaban J connectivity index is 1.77. The van der Waals surface area contributed by atoms with Crippen LogP contribution in [-0.4, -0.2) is 39.7 Å². The Kier molecular flexibility index (Phi) is 5.93. The Hall–Kier alpha value is -2.64. The van der Waals surface area contributed by atoms with Crippen molar-refractivity contribution in [2.24, 2.45) is 0 Å². The maximum Gasteiger partial charge on any atom is 0.242 e. The van der Waals surface area contributed by atoms with Crippen molar-refractivity contribution in [2.75, 3.05) is 14.2 Å². The van der Waals surface area contributed by atoms with E-state index in [0.29, 0.717) is 22.2 Å². The van der Waals surface area contributed by atoms with Crippen LogP contribution in [0.2, 0.25) is 5.02 Å². The van der Waals surface area contributed by atoms with Crippen LogP contribution in [0.15, 0.2) is 48.5 Å². The second-order valence-electron chi connectivity index (χ2n) is 6.05. The lowest BCUT2D eigenvalue weighted by molar-refractivity contribution is -0.131. The first kappa shape index (κ1) is 19.1. The molecule has 3 aromatic rings. The zero-order valence-corrected chi connectivity index (χ0v) is 16.5. The summed E-state index contributed by atoms with van der Waals surface area (Å²) in [6.07, 6.45) is 0. The standard InChI is InChI=1S/C19H19ClN4O2S/c1-23(11-13-4-3-5-15(20)10-13)17(25)12-24-18(21-22-19(24)27)14-6-8-16(26-2)9-7-14/h3-10H,11-12H2,1-2H3,(H,22,27). The number of hydrogen-bond donors (Lipinski definition) is 1. The molecule has 0 fully saturated rings. The van der Waals surface area contributed by atoms with Gasteiger partial charge in [-0.05, 0) is 54.2 Å². The Morgan fingerprint density at radius 3 is 2.70 bits per heavy atom. The summed E-state index contributed by atoms with van der Waals surface area (Å²) in [5.74, 6) is 1.27. The van der Waals surface area contributed by atoms with Gasteiger partial charge in [-0.25, -0.2) is 0 Å². The Bertz CT molecular complexity index is 997. The fourth-order valence-corrected chi connectivity index (χ4v) is 3.09. The van der Waals surface area contributed by atoms with Gasteiger partial charge in [0.15, 0.2) is 10.6 Å². The molecule has 27 heavy (non-hydrogen) atoms. The molecule has 0 saturated carbocycles. The number of halogens is 1. The van der Waals surface area contributed by atoms with Crippen molar-refractivity contribution in [3.63, 3.8) is 0 Å². The van der Waals surface area contributed by atoms with Gasteiger partial charge in [0.25, 0.3) is 0 Å². The van der Waals surface area contributed by atoms with Crippen molar-refractivity contribution in [1.82, 2.24) is 19.7 Å². The number of ether oxygens (including phenoxy) is 1. The number of nitrogens with one attached hydrogen (secondary N) is 1. The highest BCUT2D eigenvalue weighted by molar-refractivity contribution is 7.71. The number of methoxy groups -OCH3 is 1. The molecule has 3 rings (SSSR count). The second-order valence-corrected chi connectivity index (χ2v) is 6.87. The van der Waals surface area contributed by atoms with E-state index in [1.165, 1.54) is 0 Å². The number of carbonyl (C=O) groups is 1. The third kappa shape index (κ3) is 4.56. The van der Waals surface area contributed by atoms with Gasteiger partial charge in [-0.3, -0.25) is 14.5 Å². The average molecular weight is 403 g/mol. The molecule has 2 aromatic carbocycles. The first-order chi connectivity index (χ1) is 13.0. The predicted molar refractivity (Wildman–Crippen MR) is 107 cm³/mol. The van der Waals surface area contributed by atoms with Crippen LogP contribution >= 0.6 is 23.8 Å². The van der Waals surface area contributed by atoms with E-state index in [1.807, 2.05) is 42.5 Å². The number of rotatable bonds is 6. The summed E-state index contributed by atoms with van der Waals surface area (Å²) in [6, 6.07) is 14.9. The van der Waals surface area contributed by atoms with Crippen LogP contribution in [0.4, 0.5) is 0 Å². The van der Waals surface area contributed by atoms with Gasteiger partial charge in [0.1, 0.15) is 12.3 Å². The lowest BCUT2D eigenvalue weighted by Crippen LogP contribution is -2.30. The summed E-state index contributed by atoms with van der Waals surface area (Å²) in [5.41, 5.74) is 1.80. The maximum absolute atomic E-state index is 12.7. The molecule has 0 aliphatic heterocycles. The number of amides is 1. The van der Waals surface area contributed by atoms with Crippen LogP contribution in [0.1, 0.15) is 5.56 Å². The van der Waals surface area contributed by atoms with Crippen LogP contribution in [-0.2, 0) is 17.9 Å². The van der Waals surface area contributed by atoms with Crippen LogP contribution in [0.3, 0.4) is 0 Å². The van der Waals surface area contributed by atoms with E-state index >= 15 is 0 Å². The molecule has 0 unspecified atom stereocenters. The minimum atomic E-state index is -0.0813. The molecule has 0 saturated heterocycles. The monoisotopic (exact) mass is 402 g/mol. The molecule has 6 nitrogen and oxygen atoms in total. The molecule has 1 aromatic heterocycles. The van der Waals surface area contributed by atoms with Crippen LogP contribution in [0, 0.1) is 4.77 Å². The normalized spacial score (nSPS) is 10.6. The quantitative estimate of drug-likeness (QED) is 0.634. The summed E-state index contributed by atoms with van der Waals surface area (Å²) in [4.78, 5) is 14.3. The highest BCUT2D eigenvalue weighted by Gasteiger charge is 2.15.